The zero-order valence-electron chi connectivity index (χ0n) is 6.93. The van der Waals surface area contributed by atoms with Crippen molar-refractivity contribution in [3.05, 3.63) is 17.0 Å². The number of anilines is 1. The van der Waals surface area contributed by atoms with Crippen molar-refractivity contribution >= 4 is 17.4 Å². The van der Waals surface area contributed by atoms with E-state index in [1.807, 2.05) is 20.8 Å². The largest absolute Gasteiger partial charge is 0.383 e. The molecule has 0 fully saturated rings. The van der Waals surface area contributed by atoms with Gasteiger partial charge in [-0.05, 0) is 18.5 Å². The van der Waals surface area contributed by atoms with E-state index in [2.05, 4.69) is 9.97 Å². The van der Waals surface area contributed by atoms with Crippen LogP contribution in [0.1, 0.15) is 19.4 Å². The lowest BCUT2D eigenvalue weighted by Crippen LogP contribution is -1.94. The molecule has 0 saturated carbocycles. The fourth-order valence-corrected chi connectivity index (χ4v) is 0.573. The number of hydrogen-bond donors (Lipinski definition) is 1. The maximum Gasteiger partial charge on any atom is 0.224 e. The first kappa shape index (κ1) is 10.2. The van der Waals surface area contributed by atoms with Crippen molar-refractivity contribution in [2.75, 3.05) is 5.73 Å². The molecule has 0 unspecified atom stereocenters. The van der Waals surface area contributed by atoms with Crippen LogP contribution in [0.5, 0.6) is 0 Å². The Bertz CT molecular complexity index is 225. The minimum Gasteiger partial charge on any atom is -0.383 e. The minimum atomic E-state index is 0.193. The molecule has 4 heteroatoms. The number of aryl methyl sites for hydroxylation is 1. The Morgan fingerprint density at radius 3 is 2.36 bits per heavy atom. The van der Waals surface area contributed by atoms with Gasteiger partial charge in [0.15, 0.2) is 0 Å². The zero-order valence-corrected chi connectivity index (χ0v) is 7.68. The Balaban J connectivity index is 0.000000461. The number of hydrogen-bond acceptors (Lipinski definition) is 3. The molecular formula is C7H12ClN3. The predicted molar refractivity (Wildman–Crippen MR) is 47.5 cm³/mol. The van der Waals surface area contributed by atoms with E-state index in [4.69, 9.17) is 17.3 Å². The summed E-state index contributed by atoms with van der Waals surface area (Å²) < 4.78 is 0. The van der Waals surface area contributed by atoms with Crippen molar-refractivity contribution in [1.82, 2.24) is 9.97 Å². The molecule has 0 aliphatic carbocycles. The molecule has 0 spiro atoms. The molecule has 2 N–H and O–H groups in total. The topological polar surface area (TPSA) is 51.8 Å². The van der Waals surface area contributed by atoms with Gasteiger partial charge in [0.2, 0.25) is 5.28 Å². The first-order chi connectivity index (χ1) is 5.20. The highest BCUT2D eigenvalue weighted by Gasteiger charge is 1.94. The molecule has 1 rings (SSSR count). The fraction of sp³-hybridized carbons (Fsp3) is 0.429. The summed E-state index contributed by atoms with van der Waals surface area (Å²) in [6.07, 6.45) is 1.59. The van der Waals surface area contributed by atoms with E-state index >= 15 is 0 Å². The normalized spacial score (nSPS) is 8.36. The number of nitrogens with two attached hydrogens (primary N) is 1. The lowest BCUT2D eigenvalue weighted by atomic mass is 10.4. The monoisotopic (exact) mass is 173 g/mol. The van der Waals surface area contributed by atoms with Crippen LogP contribution in [0, 0.1) is 6.92 Å². The average Bonchev–Trinajstić information content (AvgIpc) is 2.02. The maximum absolute atomic E-state index is 5.41. The van der Waals surface area contributed by atoms with Gasteiger partial charge in [-0.15, -0.1) is 0 Å². The molecule has 0 aliphatic rings. The van der Waals surface area contributed by atoms with E-state index in [9.17, 15) is 0 Å². The molecule has 1 aromatic rings. The van der Waals surface area contributed by atoms with E-state index in [0.29, 0.717) is 5.82 Å². The molecule has 1 aromatic heterocycles. The van der Waals surface area contributed by atoms with Gasteiger partial charge in [-0.25, -0.2) is 9.97 Å². The highest BCUT2D eigenvalue weighted by Crippen LogP contribution is 2.07. The van der Waals surface area contributed by atoms with Gasteiger partial charge >= 0.3 is 0 Å². The fourth-order valence-electron chi connectivity index (χ4n) is 0.433. The SMILES string of the molecule is CC.Cc1cnc(Cl)nc1N. The second-order valence-electron chi connectivity index (χ2n) is 1.71. The summed E-state index contributed by atoms with van der Waals surface area (Å²) in [7, 11) is 0. The Kier molecular flexibility index (Phi) is 4.54. The third-order valence-corrected chi connectivity index (χ3v) is 1.16. The third kappa shape index (κ3) is 3.18. The lowest BCUT2D eigenvalue weighted by Gasteiger charge is -1.94. The van der Waals surface area contributed by atoms with E-state index in [0.717, 1.165) is 5.56 Å². The zero-order chi connectivity index (χ0) is 8.85. The van der Waals surface area contributed by atoms with Gasteiger partial charge in [0.05, 0.1) is 0 Å². The molecule has 0 saturated heterocycles. The molecule has 62 valence electrons. The molecular weight excluding hydrogens is 162 g/mol. The number of halogens is 1. The van der Waals surface area contributed by atoms with Crippen LogP contribution in [0.4, 0.5) is 5.82 Å². The molecule has 0 bridgehead atoms. The highest BCUT2D eigenvalue weighted by atomic mass is 35.5. The summed E-state index contributed by atoms with van der Waals surface area (Å²) in [5.74, 6) is 0.440. The van der Waals surface area contributed by atoms with E-state index in [1.54, 1.807) is 6.20 Å². The molecule has 1 heterocycles. The van der Waals surface area contributed by atoms with Gasteiger partial charge in [0.1, 0.15) is 5.82 Å². The summed E-state index contributed by atoms with van der Waals surface area (Å²) in [5, 5.41) is 0.193. The molecule has 0 atom stereocenters. The standard InChI is InChI=1S/C5H6ClN3.C2H6/c1-3-2-8-5(6)9-4(3)7;1-2/h2H,1H3,(H2,7,8,9);1-2H3. The van der Waals surface area contributed by atoms with Crippen LogP contribution in [0.15, 0.2) is 6.20 Å². The summed E-state index contributed by atoms with van der Waals surface area (Å²) >= 11 is 5.41. The van der Waals surface area contributed by atoms with Gasteiger partial charge in [-0.3, -0.25) is 0 Å². The quantitative estimate of drug-likeness (QED) is 0.611. The van der Waals surface area contributed by atoms with Crippen LogP contribution in [-0.4, -0.2) is 9.97 Å². The number of nitrogen functional groups attached to an aromatic ring is 1. The molecule has 0 aromatic carbocycles. The van der Waals surface area contributed by atoms with Gasteiger partial charge in [-0.1, -0.05) is 13.8 Å². The van der Waals surface area contributed by atoms with Crippen molar-refractivity contribution < 1.29 is 0 Å². The van der Waals surface area contributed by atoms with Crippen molar-refractivity contribution in [2.45, 2.75) is 20.8 Å². The number of nitrogens with zero attached hydrogens (tertiary/aromatic N) is 2. The van der Waals surface area contributed by atoms with Gasteiger partial charge in [-0.2, -0.15) is 0 Å². The summed E-state index contributed by atoms with van der Waals surface area (Å²) in [4.78, 5) is 7.42. The van der Waals surface area contributed by atoms with Crippen LogP contribution in [-0.2, 0) is 0 Å². The Hall–Kier alpha value is -0.830. The molecule has 3 nitrogen and oxygen atoms in total. The van der Waals surface area contributed by atoms with Crippen molar-refractivity contribution in [3.63, 3.8) is 0 Å². The van der Waals surface area contributed by atoms with Crippen LogP contribution in [0.3, 0.4) is 0 Å². The highest BCUT2D eigenvalue weighted by molar-refractivity contribution is 6.28. The summed E-state index contributed by atoms with van der Waals surface area (Å²) in [6, 6.07) is 0. The lowest BCUT2D eigenvalue weighted by molar-refractivity contribution is 1.14. The van der Waals surface area contributed by atoms with Gasteiger partial charge in [0, 0.05) is 11.8 Å². The average molecular weight is 174 g/mol. The van der Waals surface area contributed by atoms with Crippen molar-refractivity contribution in [3.8, 4) is 0 Å². The molecule has 11 heavy (non-hydrogen) atoms. The van der Waals surface area contributed by atoms with Crippen molar-refractivity contribution in [2.24, 2.45) is 0 Å². The van der Waals surface area contributed by atoms with E-state index in [-0.39, 0.29) is 5.28 Å². The van der Waals surface area contributed by atoms with Crippen LogP contribution >= 0.6 is 11.6 Å². The minimum absolute atomic E-state index is 0.193. The van der Waals surface area contributed by atoms with Gasteiger partial charge < -0.3 is 5.73 Å². The smallest absolute Gasteiger partial charge is 0.224 e. The molecule has 0 radical (unpaired) electrons. The molecule has 0 amide bonds. The van der Waals surface area contributed by atoms with Crippen molar-refractivity contribution in [1.29, 1.82) is 0 Å². The van der Waals surface area contributed by atoms with E-state index < -0.39 is 0 Å². The molecule has 0 aliphatic heterocycles. The Morgan fingerprint density at radius 2 is 2.00 bits per heavy atom. The number of rotatable bonds is 0. The number of aromatic nitrogens is 2. The second kappa shape index (κ2) is 4.91. The maximum atomic E-state index is 5.41. The summed E-state index contributed by atoms with van der Waals surface area (Å²) in [5.41, 5.74) is 6.23. The Morgan fingerprint density at radius 1 is 1.45 bits per heavy atom. The first-order valence-electron chi connectivity index (χ1n) is 3.45. The van der Waals surface area contributed by atoms with E-state index in [1.165, 1.54) is 0 Å². The van der Waals surface area contributed by atoms with Gasteiger partial charge in [0.25, 0.3) is 0 Å². The van der Waals surface area contributed by atoms with Crippen LogP contribution in [0.25, 0.3) is 0 Å². The van der Waals surface area contributed by atoms with Crippen LogP contribution < -0.4 is 5.73 Å². The predicted octanol–water partition coefficient (Wildman–Crippen LogP) is 2.05. The Labute approximate surface area is 71.6 Å². The first-order valence-corrected chi connectivity index (χ1v) is 3.82. The second-order valence-corrected chi connectivity index (χ2v) is 2.05. The van der Waals surface area contributed by atoms with Crippen LogP contribution in [0.2, 0.25) is 5.28 Å². The summed E-state index contributed by atoms with van der Waals surface area (Å²) in [6.45, 7) is 5.83. The third-order valence-electron chi connectivity index (χ3n) is 0.981.